The number of aromatic nitrogens is 2. The molecular formula is C34H39F3N6O4. The van der Waals surface area contributed by atoms with E-state index in [0.29, 0.717) is 61.5 Å². The van der Waals surface area contributed by atoms with Gasteiger partial charge in [-0.05, 0) is 67.5 Å². The van der Waals surface area contributed by atoms with Crippen LogP contribution in [-0.4, -0.2) is 90.4 Å². The van der Waals surface area contributed by atoms with E-state index in [-0.39, 0.29) is 23.5 Å². The number of carbonyl (C=O) groups excluding carboxylic acids is 2. The lowest BCUT2D eigenvalue weighted by atomic mass is 9.88. The first-order chi connectivity index (χ1) is 22.7. The molecule has 2 N–H and O–H groups in total. The number of nitrogens with zero attached hydrogens (tertiary/aromatic N) is 4. The normalized spacial score (nSPS) is 21.1. The summed E-state index contributed by atoms with van der Waals surface area (Å²) in [4.78, 5) is 38.5. The maximum atomic E-state index is 13.4. The van der Waals surface area contributed by atoms with Crippen LogP contribution < -0.4 is 15.4 Å². The van der Waals surface area contributed by atoms with E-state index >= 15 is 0 Å². The number of hydrogen-bond donors (Lipinski definition) is 2. The Balaban J connectivity index is 0.928. The van der Waals surface area contributed by atoms with Gasteiger partial charge in [-0.25, -0.2) is 9.97 Å². The van der Waals surface area contributed by atoms with E-state index in [1.807, 2.05) is 17.0 Å². The monoisotopic (exact) mass is 652 g/mol. The van der Waals surface area contributed by atoms with E-state index in [2.05, 4.69) is 30.2 Å². The lowest BCUT2D eigenvalue weighted by Gasteiger charge is -2.34. The first kappa shape index (κ1) is 32.7. The fourth-order valence-electron chi connectivity index (χ4n) is 6.88. The van der Waals surface area contributed by atoms with Gasteiger partial charge in [-0.3, -0.25) is 14.5 Å². The zero-order valence-electron chi connectivity index (χ0n) is 26.0. The number of benzene rings is 2. The Hall–Kier alpha value is -4.23. The third-order valence-electron chi connectivity index (χ3n) is 9.26. The molecule has 3 atom stereocenters. The summed E-state index contributed by atoms with van der Waals surface area (Å²) in [7, 11) is 0. The Morgan fingerprint density at radius 1 is 0.936 bits per heavy atom. The van der Waals surface area contributed by atoms with Crippen molar-refractivity contribution in [3.8, 4) is 17.0 Å². The van der Waals surface area contributed by atoms with Crippen LogP contribution in [0.1, 0.15) is 36.0 Å². The number of alkyl halides is 3. The standard InChI is InChI=1S/C34H39F3N6O4/c35-34(36,37)47-28-8-6-27(7-9-28)41-31-21-30(39-22-40-31)25-2-1-3-26(20-25)33(45)43-13-11-42(12-14-43)15-17-46-16-10-38-32(44)29-19-23-4-5-24(29)18-23/h1-3,6-9,20-24,29H,4-5,10-19H2,(H,38,44)(H,39,40,41)/t23?,24?,29-/m0/s1. The SMILES string of the molecule is O=C(NCCOCCN1CCN(C(=O)c2cccc(-c3cc(Nc4ccc(OC(F)(F)F)cc4)ncn3)c2)CC1)[C@H]1CC2CCC1C2. The Morgan fingerprint density at radius 2 is 1.74 bits per heavy atom. The fraction of sp³-hybridized carbons (Fsp3) is 0.471. The average Bonchev–Trinajstić information content (AvgIpc) is 3.71. The molecule has 6 rings (SSSR count). The second-order valence-corrected chi connectivity index (χ2v) is 12.4. The Morgan fingerprint density at radius 3 is 2.47 bits per heavy atom. The molecule has 1 saturated heterocycles. The molecule has 2 aliphatic carbocycles. The van der Waals surface area contributed by atoms with Crippen LogP contribution in [0.2, 0.25) is 0 Å². The molecule has 3 aliphatic rings. The number of amides is 2. The topological polar surface area (TPSA) is 109 Å². The molecule has 47 heavy (non-hydrogen) atoms. The quantitative estimate of drug-likeness (QED) is 0.260. The lowest BCUT2D eigenvalue weighted by molar-refractivity contribution is -0.274. The molecule has 3 fully saturated rings. The molecule has 250 valence electrons. The van der Waals surface area contributed by atoms with Gasteiger partial charge >= 0.3 is 6.36 Å². The Kier molecular flexibility index (Phi) is 10.2. The van der Waals surface area contributed by atoms with Crippen molar-refractivity contribution in [1.29, 1.82) is 0 Å². The van der Waals surface area contributed by atoms with Crippen molar-refractivity contribution in [2.75, 3.05) is 57.8 Å². The van der Waals surface area contributed by atoms with Gasteiger partial charge in [-0.1, -0.05) is 18.6 Å². The summed E-state index contributed by atoms with van der Waals surface area (Å²) in [6.45, 7) is 5.10. The van der Waals surface area contributed by atoms with E-state index in [1.54, 1.807) is 18.2 Å². The zero-order chi connectivity index (χ0) is 32.8. The highest BCUT2D eigenvalue weighted by Gasteiger charge is 2.42. The molecule has 2 unspecified atom stereocenters. The minimum atomic E-state index is -4.76. The summed E-state index contributed by atoms with van der Waals surface area (Å²) >= 11 is 0. The molecule has 2 bridgehead atoms. The minimum Gasteiger partial charge on any atom is -0.406 e. The largest absolute Gasteiger partial charge is 0.573 e. The molecule has 2 heterocycles. The lowest BCUT2D eigenvalue weighted by Crippen LogP contribution is -2.49. The van der Waals surface area contributed by atoms with Gasteiger partial charge in [0, 0.05) is 68.1 Å². The number of nitrogens with one attached hydrogen (secondary N) is 2. The van der Waals surface area contributed by atoms with Crippen LogP contribution in [0.4, 0.5) is 24.7 Å². The summed E-state index contributed by atoms with van der Waals surface area (Å²) in [5.74, 6) is 1.80. The van der Waals surface area contributed by atoms with Crippen molar-refractivity contribution >= 4 is 23.3 Å². The van der Waals surface area contributed by atoms with Crippen molar-refractivity contribution in [3.05, 3.63) is 66.5 Å². The van der Waals surface area contributed by atoms with Crippen LogP contribution >= 0.6 is 0 Å². The minimum absolute atomic E-state index is 0.0532. The third-order valence-corrected chi connectivity index (χ3v) is 9.26. The van der Waals surface area contributed by atoms with Crippen LogP contribution in [-0.2, 0) is 9.53 Å². The molecule has 10 nitrogen and oxygen atoms in total. The molecule has 0 spiro atoms. The van der Waals surface area contributed by atoms with Crippen molar-refractivity contribution in [1.82, 2.24) is 25.1 Å². The van der Waals surface area contributed by atoms with Crippen LogP contribution in [0, 0.1) is 17.8 Å². The maximum absolute atomic E-state index is 13.4. The second-order valence-electron chi connectivity index (χ2n) is 12.4. The first-order valence-corrected chi connectivity index (χ1v) is 16.1. The summed E-state index contributed by atoms with van der Waals surface area (Å²) in [5, 5.41) is 6.10. The molecule has 1 aromatic heterocycles. The van der Waals surface area contributed by atoms with E-state index in [4.69, 9.17) is 4.74 Å². The zero-order valence-corrected chi connectivity index (χ0v) is 26.0. The number of anilines is 2. The highest BCUT2D eigenvalue weighted by atomic mass is 19.4. The van der Waals surface area contributed by atoms with Crippen molar-refractivity contribution < 1.29 is 32.2 Å². The Labute approximate surface area is 271 Å². The van der Waals surface area contributed by atoms with Gasteiger partial charge in [0.2, 0.25) is 5.91 Å². The number of fused-ring (bicyclic) bond motifs is 2. The molecular weight excluding hydrogens is 613 g/mol. The number of hydrogen-bond acceptors (Lipinski definition) is 8. The van der Waals surface area contributed by atoms with Crippen LogP contribution in [0.15, 0.2) is 60.9 Å². The predicted molar refractivity (Wildman–Crippen MR) is 169 cm³/mol. The second kappa shape index (κ2) is 14.7. The van der Waals surface area contributed by atoms with Crippen molar-refractivity contribution in [2.24, 2.45) is 17.8 Å². The van der Waals surface area contributed by atoms with Crippen molar-refractivity contribution in [3.63, 3.8) is 0 Å². The number of piperazine rings is 1. The predicted octanol–water partition coefficient (Wildman–Crippen LogP) is 5.11. The molecule has 1 aliphatic heterocycles. The van der Waals surface area contributed by atoms with Gasteiger partial charge in [0.05, 0.1) is 18.9 Å². The summed E-state index contributed by atoms with van der Waals surface area (Å²) in [6, 6.07) is 14.3. The van der Waals surface area contributed by atoms with E-state index < -0.39 is 6.36 Å². The van der Waals surface area contributed by atoms with Crippen molar-refractivity contribution in [2.45, 2.75) is 32.0 Å². The maximum Gasteiger partial charge on any atom is 0.573 e. The average molecular weight is 653 g/mol. The van der Waals surface area contributed by atoms with Crippen LogP contribution in [0.25, 0.3) is 11.3 Å². The number of rotatable bonds is 12. The Bertz CT molecular complexity index is 1530. The number of carbonyl (C=O) groups is 2. The van der Waals surface area contributed by atoms with Gasteiger partial charge in [0.25, 0.3) is 5.91 Å². The molecule has 13 heteroatoms. The number of halogens is 3. The highest BCUT2D eigenvalue weighted by Crippen LogP contribution is 2.48. The van der Waals surface area contributed by atoms with E-state index in [0.717, 1.165) is 37.5 Å². The molecule has 3 aromatic rings. The molecule has 2 amide bonds. The van der Waals surface area contributed by atoms with Gasteiger partial charge in [-0.15, -0.1) is 13.2 Å². The first-order valence-electron chi connectivity index (χ1n) is 16.1. The van der Waals surface area contributed by atoms with Gasteiger partial charge < -0.3 is 25.0 Å². The summed E-state index contributed by atoms with van der Waals surface area (Å²) in [5.41, 5.74) is 2.40. The number of ether oxygens (including phenoxy) is 2. The van der Waals surface area contributed by atoms with Crippen LogP contribution in [0.3, 0.4) is 0 Å². The third kappa shape index (κ3) is 8.77. The highest BCUT2D eigenvalue weighted by molar-refractivity contribution is 5.95. The van der Waals surface area contributed by atoms with E-state index in [9.17, 15) is 22.8 Å². The summed E-state index contributed by atoms with van der Waals surface area (Å²) < 4.78 is 47.0. The smallest absolute Gasteiger partial charge is 0.406 e. The fourth-order valence-corrected chi connectivity index (χ4v) is 6.88. The summed E-state index contributed by atoms with van der Waals surface area (Å²) in [6.07, 6.45) is 1.38. The van der Waals surface area contributed by atoms with Crippen LogP contribution in [0.5, 0.6) is 5.75 Å². The van der Waals surface area contributed by atoms with Gasteiger partial charge in [0.1, 0.15) is 17.9 Å². The molecule has 2 aromatic carbocycles. The molecule has 2 saturated carbocycles. The molecule has 0 radical (unpaired) electrons. The van der Waals surface area contributed by atoms with E-state index in [1.165, 1.54) is 49.9 Å². The van der Waals surface area contributed by atoms with Gasteiger partial charge in [0.15, 0.2) is 0 Å². The van der Waals surface area contributed by atoms with Gasteiger partial charge in [-0.2, -0.15) is 0 Å².